The van der Waals surface area contributed by atoms with Crippen LogP contribution in [-0.4, -0.2) is 39.2 Å². The second-order valence-corrected chi connectivity index (χ2v) is 4.51. The molecule has 1 N–H and O–H groups in total. The summed E-state index contributed by atoms with van der Waals surface area (Å²) in [4.78, 5) is 11.6. The molecule has 2 aromatic rings. The van der Waals surface area contributed by atoms with Gasteiger partial charge in [0.15, 0.2) is 5.82 Å². The van der Waals surface area contributed by atoms with Crippen molar-refractivity contribution in [2.24, 2.45) is 7.05 Å². The van der Waals surface area contributed by atoms with Gasteiger partial charge in [-0.05, 0) is 0 Å². The predicted molar refractivity (Wildman–Crippen MR) is 68.7 cm³/mol. The van der Waals surface area contributed by atoms with Crippen LogP contribution < -0.4 is 5.32 Å². The van der Waals surface area contributed by atoms with Gasteiger partial charge in [0.2, 0.25) is 5.91 Å². The summed E-state index contributed by atoms with van der Waals surface area (Å²) in [5, 5.41) is 11.4. The van der Waals surface area contributed by atoms with E-state index in [9.17, 15) is 4.79 Å². The van der Waals surface area contributed by atoms with Crippen LogP contribution in [0, 0.1) is 0 Å². The summed E-state index contributed by atoms with van der Waals surface area (Å²) < 4.78 is 8.56. The number of aryl methyl sites for hydroxylation is 1. The molecule has 2 aromatic heterocycles. The van der Waals surface area contributed by atoms with E-state index in [0.29, 0.717) is 25.4 Å². The maximum Gasteiger partial charge on any atom is 0.227 e. The number of ether oxygens (including phenoxy) is 1. The van der Waals surface area contributed by atoms with E-state index in [1.165, 1.54) is 0 Å². The zero-order valence-corrected chi connectivity index (χ0v) is 10.9. The number of anilines is 1. The normalized spacial score (nSPS) is 12.3. The van der Waals surface area contributed by atoms with Crippen LogP contribution in [0.15, 0.2) is 12.3 Å². The average molecular weight is 261 g/mol. The van der Waals surface area contributed by atoms with Crippen LogP contribution in [0.5, 0.6) is 0 Å². The third-order valence-corrected chi connectivity index (χ3v) is 3.16. The molecule has 7 nitrogen and oxygen atoms in total. The largest absolute Gasteiger partial charge is 0.384 e. The quantitative estimate of drug-likeness (QED) is 0.747. The molecule has 0 aromatic carbocycles. The molecule has 0 saturated heterocycles. The number of hydrogen-bond donors (Lipinski definition) is 1. The van der Waals surface area contributed by atoms with E-state index in [1.54, 1.807) is 7.11 Å². The van der Waals surface area contributed by atoms with Crippen LogP contribution in [0.4, 0.5) is 5.82 Å². The molecule has 0 unspecified atom stereocenters. The van der Waals surface area contributed by atoms with Gasteiger partial charge in [-0.3, -0.25) is 14.2 Å². The molecule has 0 saturated carbocycles. The lowest BCUT2D eigenvalue weighted by atomic mass is 10.2. The minimum absolute atomic E-state index is 0.0937. The lowest BCUT2D eigenvalue weighted by molar-refractivity contribution is -0.117. The molecular weight excluding hydrogens is 246 g/mol. The summed E-state index contributed by atoms with van der Waals surface area (Å²) in [6.07, 6.45) is 2.18. The van der Waals surface area contributed by atoms with Gasteiger partial charge in [-0.15, -0.1) is 0 Å². The molecule has 3 heterocycles. The van der Waals surface area contributed by atoms with Crippen molar-refractivity contribution in [2.75, 3.05) is 19.0 Å². The number of hydrogen-bond acceptors (Lipinski definition) is 4. The standard InChI is InChI=1S/C12H15N5O2/c1-16-12-8(6-13-16)7-17-9(12)5-10(15-17)14-11(18)3-4-19-2/h5-6H,3-4,7H2,1-2H3,(H,14,15,18). The highest BCUT2D eigenvalue weighted by Gasteiger charge is 2.24. The van der Waals surface area contributed by atoms with Gasteiger partial charge in [0.1, 0.15) is 0 Å². The van der Waals surface area contributed by atoms with E-state index in [1.807, 2.05) is 28.7 Å². The summed E-state index contributed by atoms with van der Waals surface area (Å²) in [6, 6.07) is 1.87. The van der Waals surface area contributed by atoms with E-state index in [4.69, 9.17) is 4.74 Å². The molecule has 0 aliphatic carbocycles. The van der Waals surface area contributed by atoms with Crippen molar-refractivity contribution < 1.29 is 9.53 Å². The van der Waals surface area contributed by atoms with Crippen molar-refractivity contribution in [1.29, 1.82) is 0 Å². The van der Waals surface area contributed by atoms with Crippen molar-refractivity contribution in [3.8, 4) is 11.4 Å². The van der Waals surface area contributed by atoms with Gasteiger partial charge in [-0.2, -0.15) is 10.2 Å². The molecule has 100 valence electrons. The number of rotatable bonds is 4. The van der Waals surface area contributed by atoms with Gasteiger partial charge < -0.3 is 10.1 Å². The molecule has 0 bridgehead atoms. The molecular formula is C12H15N5O2. The highest BCUT2D eigenvalue weighted by atomic mass is 16.5. The summed E-state index contributed by atoms with van der Waals surface area (Å²) >= 11 is 0. The summed E-state index contributed by atoms with van der Waals surface area (Å²) in [6.45, 7) is 1.11. The Bertz CT molecular complexity index is 628. The third kappa shape index (κ3) is 2.01. The maximum atomic E-state index is 11.6. The number of carbonyl (C=O) groups excluding carboxylic acids is 1. The highest BCUT2D eigenvalue weighted by molar-refractivity contribution is 5.90. The number of fused-ring (bicyclic) bond motifs is 3. The Labute approximate surface area is 110 Å². The third-order valence-electron chi connectivity index (χ3n) is 3.16. The SMILES string of the molecule is COCCC(=O)Nc1cc2n(n1)Cc1cnn(C)c1-2. The van der Waals surface area contributed by atoms with Crippen LogP contribution in [0.25, 0.3) is 11.4 Å². The topological polar surface area (TPSA) is 74.0 Å². The fourth-order valence-corrected chi connectivity index (χ4v) is 2.28. The Kier molecular flexibility index (Phi) is 2.83. The van der Waals surface area contributed by atoms with Gasteiger partial charge >= 0.3 is 0 Å². The monoisotopic (exact) mass is 261 g/mol. The second-order valence-electron chi connectivity index (χ2n) is 4.51. The zero-order valence-electron chi connectivity index (χ0n) is 10.9. The molecule has 3 rings (SSSR count). The average Bonchev–Trinajstić information content (AvgIpc) is 2.99. The fraction of sp³-hybridized carbons (Fsp3) is 0.417. The maximum absolute atomic E-state index is 11.6. The Morgan fingerprint density at radius 3 is 3.21 bits per heavy atom. The molecule has 19 heavy (non-hydrogen) atoms. The molecule has 7 heteroatoms. The van der Waals surface area contributed by atoms with E-state index < -0.39 is 0 Å². The van der Waals surface area contributed by atoms with E-state index in [0.717, 1.165) is 17.0 Å². The lowest BCUT2D eigenvalue weighted by Gasteiger charge is -2.00. The first-order valence-electron chi connectivity index (χ1n) is 6.07. The van der Waals surface area contributed by atoms with Crippen LogP contribution >= 0.6 is 0 Å². The molecule has 0 fully saturated rings. The zero-order chi connectivity index (χ0) is 13.4. The fourth-order valence-electron chi connectivity index (χ4n) is 2.28. The first-order valence-corrected chi connectivity index (χ1v) is 6.07. The molecule has 0 spiro atoms. The van der Waals surface area contributed by atoms with Crippen molar-refractivity contribution >= 4 is 11.7 Å². The molecule has 1 amide bonds. The Morgan fingerprint density at radius 1 is 1.58 bits per heavy atom. The Morgan fingerprint density at radius 2 is 2.42 bits per heavy atom. The van der Waals surface area contributed by atoms with Crippen molar-refractivity contribution in [2.45, 2.75) is 13.0 Å². The van der Waals surface area contributed by atoms with Crippen LogP contribution in [-0.2, 0) is 23.1 Å². The predicted octanol–water partition coefficient (Wildman–Crippen LogP) is 0.620. The number of carbonyl (C=O) groups is 1. The van der Waals surface area contributed by atoms with Gasteiger partial charge in [-0.25, -0.2) is 0 Å². The van der Waals surface area contributed by atoms with Crippen molar-refractivity contribution in [3.63, 3.8) is 0 Å². The Hall–Kier alpha value is -2.15. The van der Waals surface area contributed by atoms with E-state index in [-0.39, 0.29) is 5.91 Å². The minimum atomic E-state index is -0.0937. The van der Waals surface area contributed by atoms with Gasteiger partial charge in [0.05, 0.1) is 37.2 Å². The van der Waals surface area contributed by atoms with Gasteiger partial charge in [-0.1, -0.05) is 0 Å². The summed E-state index contributed by atoms with van der Waals surface area (Å²) in [5.74, 6) is 0.479. The van der Waals surface area contributed by atoms with Crippen LogP contribution in [0.3, 0.4) is 0 Å². The number of aromatic nitrogens is 4. The van der Waals surface area contributed by atoms with Crippen molar-refractivity contribution in [3.05, 3.63) is 17.8 Å². The van der Waals surface area contributed by atoms with Gasteiger partial charge in [0.25, 0.3) is 0 Å². The van der Waals surface area contributed by atoms with Crippen LogP contribution in [0.2, 0.25) is 0 Å². The minimum Gasteiger partial charge on any atom is -0.384 e. The number of amides is 1. The number of nitrogens with one attached hydrogen (secondary N) is 1. The first kappa shape index (κ1) is 11.9. The molecule has 1 aliphatic heterocycles. The van der Waals surface area contributed by atoms with E-state index in [2.05, 4.69) is 15.5 Å². The lowest BCUT2D eigenvalue weighted by Crippen LogP contribution is -2.14. The Balaban J connectivity index is 1.79. The molecule has 0 radical (unpaired) electrons. The summed E-state index contributed by atoms with van der Waals surface area (Å²) in [7, 11) is 3.47. The number of nitrogens with zero attached hydrogens (tertiary/aromatic N) is 4. The first-order chi connectivity index (χ1) is 9.19. The van der Waals surface area contributed by atoms with Crippen LogP contribution in [0.1, 0.15) is 12.0 Å². The van der Waals surface area contributed by atoms with E-state index >= 15 is 0 Å². The summed E-state index contributed by atoms with van der Waals surface area (Å²) in [5.41, 5.74) is 3.20. The molecule has 1 aliphatic rings. The molecule has 0 atom stereocenters. The highest BCUT2D eigenvalue weighted by Crippen LogP contribution is 2.32. The second kappa shape index (κ2) is 4.51. The number of methoxy groups -OCH3 is 1. The smallest absolute Gasteiger partial charge is 0.227 e. The van der Waals surface area contributed by atoms with Gasteiger partial charge in [0, 0.05) is 25.8 Å². The van der Waals surface area contributed by atoms with Crippen molar-refractivity contribution in [1.82, 2.24) is 19.6 Å².